The first-order chi connectivity index (χ1) is 9.11. The minimum atomic E-state index is -0.0665. The van der Waals surface area contributed by atoms with Crippen LogP contribution in [0.1, 0.15) is 29.9 Å². The highest BCUT2D eigenvalue weighted by Gasteiger charge is 2.23. The van der Waals surface area contributed by atoms with Crippen molar-refractivity contribution in [1.82, 2.24) is 0 Å². The molecule has 0 saturated heterocycles. The van der Waals surface area contributed by atoms with Gasteiger partial charge in [0.15, 0.2) is 0 Å². The maximum absolute atomic E-state index is 6.24. The van der Waals surface area contributed by atoms with E-state index >= 15 is 0 Å². The van der Waals surface area contributed by atoms with Gasteiger partial charge in [-0.15, -0.1) is 11.3 Å². The van der Waals surface area contributed by atoms with Gasteiger partial charge < -0.3 is 10.5 Å². The lowest BCUT2D eigenvalue weighted by Gasteiger charge is -2.24. The number of ether oxygens (including phenoxy) is 1. The maximum atomic E-state index is 6.24. The van der Waals surface area contributed by atoms with Crippen molar-refractivity contribution >= 4 is 33.9 Å². The van der Waals surface area contributed by atoms with Gasteiger partial charge in [0, 0.05) is 14.5 Å². The van der Waals surface area contributed by atoms with Crippen LogP contribution >= 0.6 is 33.9 Å². The highest BCUT2D eigenvalue weighted by Crippen LogP contribution is 2.31. The van der Waals surface area contributed by atoms with Gasteiger partial charge in [0.2, 0.25) is 0 Å². The molecule has 1 aromatic heterocycles. The first-order valence-corrected chi connectivity index (χ1v) is 8.29. The summed E-state index contributed by atoms with van der Waals surface area (Å²) in [5, 5.41) is 2.10. The second-order valence-electron chi connectivity index (χ2n) is 4.54. The first-order valence-electron chi connectivity index (χ1n) is 6.33. The van der Waals surface area contributed by atoms with Crippen LogP contribution in [-0.2, 0) is 0 Å². The number of aryl methyl sites for hydroxylation is 1. The quantitative estimate of drug-likeness (QED) is 0.766. The summed E-state index contributed by atoms with van der Waals surface area (Å²) in [5.41, 5.74) is 7.50. The van der Waals surface area contributed by atoms with E-state index in [1.807, 2.05) is 18.2 Å². The molecule has 0 amide bonds. The maximum Gasteiger partial charge on any atom is 0.148 e. The summed E-state index contributed by atoms with van der Waals surface area (Å²) in [7, 11) is 0. The zero-order valence-corrected chi connectivity index (χ0v) is 14.1. The Hall–Kier alpha value is -0.590. The molecule has 2 unspecified atom stereocenters. The standard InChI is InChI=1S/C15H18INOS/c1-3-13(17)14(15-10(2)7-8-19-15)18-12-6-4-5-11(16)9-12/h4-9,13-14H,3,17H2,1-2H3. The number of benzene rings is 1. The largest absolute Gasteiger partial charge is 0.483 e. The number of hydrogen-bond acceptors (Lipinski definition) is 3. The van der Waals surface area contributed by atoms with Crippen LogP contribution in [0.3, 0.4) is 0 Å². The van der Waals surface area contributed by atoms with Crippen molar-refractivity contribution in [3.8, 4) is 5.75 Å². The molecule has 0 aliphatic heterocycles. The average Bonchev–Trinajstić information content (AvgIpc) is 2.81. The first kappa shape index (κ1) is 14.8. The molecule has 1 heterocycles. The normalized spacial score (nSPS) is 14.1. The van der Waals surface area contributed by atoms with E-state index in [1.54, 1.807) is 11.3 Å². The molecule has 2 aromatic rings. The topological polar surface area (TPSA) is 35.2 Å². The Morgan fingerprint density at radius 3 is 2.74 bits per heavy atom. The van der Waals surface area contributed by atoms with E-state index in [-0.39, 0.29) is 12.1 Å². The molecule has 2 rings (SSSR count). The number of hydrogen-bond donors (Lipinski definition) is 1. The summed E-state index contributed by atoms with van der Waals surface area (Å²) in [4.78, 5) is 1.23. The minimum Gasteiger partial charge on any atom is -0.483 e. The molecule has 0 saturated carbocycles. The van der Waals surface area contributed by atoms with Crippen molar-refractivity contribution in [1.29, 1.82) is 0 Å². The van der Waals surface area contributed by atoms with Crippen molar-refractivity contribution in [3.63, 3.8) is 0 Å². The minimum absolute atomic E-state index is 0.00946. The molecular formula is C15H18INOS. The fourth-order valence-corrected chi connectivity index (χ4v) is 3.46. The summed E-state index contributed by atoms with van der Waals surface area (Å²) in [6.45, 7) is 4.21. The lowest BCUT2D eigenvalue weighted by atomic mass is 10.1. The molecule has 2 atom stereocenters. The second-order valence-corrected chi connectivity index (χ2v) is 6.73. The molecule has 2 N–H and O–H groups in total. The van der Waals surface area contributed by atoms with E-state index < -0.39 is 0 Å². The third kappa shape index (κ3) is 3.70. The van der Waals surface area contributed by atoms with Gasteiger partial charge in [-0.25, -0.2) is 0 Å². The fraction of sp³-hybridized carbons (Fsp3) is 0.333. The summed E-state index contributed by atoms with van der Waals surface area (Å²) in [6, 6.07) is 10.2. The van der Waals surface area contributed by atoms with E-state index in [0.717, 1.165) is 12.2 Å². The number of thiophene rings is 1. The van der Waals surface area contributed by atoms with Gasteiger partial charge in [0.05, 0.1) is 0 Å². The van der Waals surface area contributed by atoms with Crippen molar-refractivity contribution in [2.75, 3.05) is 0 Å². The Balaban J connectivity index is 2.27. The predicted octanol–water partition coefficient (Wildman–Crippen LogP) is 4.52. The van der Waals surface area contributed by atoms with Gasteiger partial charge in [-0.05, 0) is 71.1 Å². The Bertz CT molecular complexity index is 540. The average molecular weight is 387 g/mol. The van der Waals surface area contributed by atoms with Crippen LogP contribution in [0.15, 0.2) is 35.7 Å². The van der Waals surface area contributed by atoms with E-state index in [9.17, 15) is 0 Å². The summed E-state index contributed by atoms with van der Waals surface area (Å²) in [6.07, 6.45) is 0.828. The van der Waals surface area contributed by atoms with Gasteiger partial charge >= 0.3 is 0 Å². The van der Waals surface area contributed by atoms with Gasteiger partial charge in [-0.3, -0.25) is 0 Å². The molecule has 19 heavy (non-hydrogen) atoms. The molecule has 0 radical (unpaired) electrons. The molecular weight excluding hydrogens is 369 g/mol. The SMILES string of the molecule is CCC(N)C(Oc1cccc(I)c1)c1sccc1C. The number of rotatable bonds is 5. The molecule has 0 spiro atoms. The Morgan fingerprint density at radius 1 is 1.37 bits per heavy atom. The highest BCUT2D eigenvalue weighted by atomic mass is 127. The summed E-state index contributed by atoms with van der Waals surface area (Å²) in [5.74, 6) is 0.883. The monoisotopic (exact) mass is 387 g/mol. The van der Waals surface area contributed by atoms with Crippen LogP contribution < -0.4 is 10.5 Å². The van der Waals surface area contributed by atoms with Crippen LogP contribution in [0.5, 0.6) is 5.75 Å². The predicted molar refractivity (Wildman–Crippen MR) is 89.9 cm³/mol. The van der Waals surface area contributed by atoms with E-state index in [2.05, 4.69) is 54.0 Å². The molecule has 4 heteroatoms. The summed E-state index contributed by atoms with van der Waals surface area (Å²) < 4.78 is 7.32. The van der Waals surface area contributed by atoms with Crippen LogP contribution in [0, 0.1) is 10.5 Å². The molecule has 0 aliphatic rings. The van der Waals surface area contributed by atoms with E-state index in [4.69, 9.17) is 10.5 Å². The lowest BCUT2D eigenvalue weighted by molar-refractivity contribution is 0.174. The second kappa shape index (κ2) is 6.72. The van der Waals surface area contributed by atoms with Gasteiger partial charge in [0.25, 0.3) is 0 Å². The van der Waals surface area contributed by atoms with Crippen LogP contribution in [-0.4, -0.2) is 6.04 Å². The van der Waals surface area contributed by atoms with Crippen molar-refractivity contribution in [2.45, 2.75) is 32.4 Å². The highest BCUT2D eigenvalue weighted by molar-refractivity contribution is 14.1. The van der Waals surface area contributed by atoms with Gasteiger partial charge in [-0.2, -0.15) is 0 Å². The molecule has 0 aliphatic carbocycles. The Morgan fingerprint density at radius 2 is 2.16 bits per heavy atom. The fourth-order valence-electron chi connectivity index (χ4n) is 1.91. The van der Waals surface area contributed by atoms with Crippen molar-refractivity contribution in [3.05, 3.63) is 49.7 Å². The number of halogens is 1. The zero-order chi connectivity index (χ0) is 13.8. The third-order valence-corrected chi connectivity index (χ3v) is 4.83. The number of nitrogens with two attached hydrogens (primary N) is 1. The van der Waals surface area contributed by atoms with Crippen LogP contribution in [0.4, 0.5) is 0 Å². The van der Waals surface area contributed by atoms with Crippen molar-refractivity contribution in [2.24, 2.45) is 5.73 Å². The molecule has 1 aromatic carbocycles. The summed E-state index contributed by atoms with van der Waals surface area (Å²) >= 11 is 4.01. The third-order valence-electron chi connectivity index (χ3n) is 3.08. The smallest absolute Gasteiger partial charge is 0.148 e. The molecule has 102 valence electrons. The molecule has 2 nitrogen and oxygen atoms in total. The van der Waals surface area contributed by atoms with Crippen molar-refractivity contribution < 1.29 is 4.74 Å². The molecule has 0 bridgehead atoms. The zero-order valence-electron chi connectivity index (χ0n) is 11.1. The van der Waals surface area contributed by atoms with E-state index in [1.165, 1.54) is 14.0 Å². The Labute approximate surface area is 132 Å². The lowest BCUT2D eigenvalue weighted by Crippen LogP contribution is -2.31. The van der Waals surface area contributed by atoms with Crippen LogP contribution in [0.2, 0.25) is 0 Å². The van der Waals surface area contributed by atoms with Gasteiger partial charge in [0.1, 0.15) is 11.9 Å². The van der Waals surface area contributed by atoms with Gasteiger partial charge in [-0.1, -0.05) is 13.0 Å². The molecule has 0 fully saturated rings. The Kier molecular flexibility index (Phi) is 5.24. The van der Waals surface area contributed by atoms with Crippen LogP contribution in [0.25, 0.3) is 0 Å². The van der Waals surface area contributed by atoms with E-state index in [0.29, 0.717) is 0 Å².